The van der Waals surface area contributed by atoms with E-state index in [4.69, 9.17) is 5.11 Å². The average molecular weight is 397 g/mol. The van der Waals surface area contributed by atoms with Crippen molar-refractivity contribution in [2.24, 2.45) is 0 Å². The second-order valence-corrected chi connectivity index (χ2v) is 8.39. The molecule has 1 amide bonds. The van der Waals surface area contributed by atoms with Gasteiger partial charge in [-0.25, -0.2) is 22.9 Å². The molecule has 0 aliphatic rings. The molecule has 10 heteroatoms. The molecule has 1 aromatic carbocycles. The highest BCUT2D eigenvalue weighted by molar-refractivity contribution is 7.89. The maximum atomic E-state index is 12.1. The maximum Gasteiger partial charge on any atom is 0.355 e. The van der Waals surface area contributed by atoms with Gasteiger partial charge in [0.2, 0.25) is 10.0 Å². The summed E-state index contributed by atoms with van der Waals surface area (Å²) in [7, 11) is -3.60. The Morgan fingerprint density at radius 3 is 2.42 bits per heavy atom. The molecule has 0 spiro atoms. The molecular formula is C16H19N3O5S2. The largest absolute Gasteiger partial charge is 0.476 e. The number of hydrogen-bond donors (Lipinski definition) is 3. The van der Waals surface area contributed by atoms with E-state index in [1.54, 1.807) is 13.8 Å². The van der Waals surface area contributed by atoms with Gasteiger partial charge < -0.3 is 10.4 Å². The van der Waals surface area contributed by atoms with Crippen LogP contribution in [0.3, 0.4) is 0 Å². The summed E-state index contributed by atoms with van der Waals surface area (Å²) < 4.78 is 26.6. The zero-order valence-electron chi connectivity index (χ0n) is 14.2. The van der Waals surface area contributed by atoms with E-state index < -0.39 is 16.0 Å². The molecule has 0 aliphatic carbocycles. The number of aromatic nitrogens is 1. The fraction of sp³-hybridized carbons (Fsp3) is 0.312. The standard InChI is InChI=1S/C16H19N3O5S2/c1-10(2)19-26(23,24)12-5-3-11(4-6-12)15(20)17-8-7-14-18-13(9-25-14)16(21)22/h3-6,9-10,19H,7-8H2,1-2H3,(H,17,20)(H,21,22). The average Bonchev–Trinajstić information content (AvgIpc) is 3.03. The summed E-state index contributed by atoms with van der Waals surface area (Å²) in [6.07, 6.45) is 0.411. The van der Waals surface area contributed by atoms with Crippen molar-refractivity contribution in [1.29, 1.82) is 0 Å². The first-order chi connectivity index (χ1) is 12.2. The molecule has 8 nitrogen and oxygen atoms in total. The molecular weight excluding hydrogens is 378 g/mol. The van der Waals surface area contributed by atoms with E-state index in [0.29, 0.717) is 23.5 Å². The first-order valence-electron chi connectivity index (χ1n) is 7.77. The quantitative estimate of drug-likeness (QED) is 0.620. The Morgan fingerprint density at radius 1 is 1.23 bits per heavy atom. The highest BCUT2D eigenvalue weighted by atomic mass is 32.2. The van der Waals surface area contributed by atoms with Gasteiger partial charge >= 0.3 is 5.97 Å². The lowest BCUT2D eigenvalue weighted by Crippen LogP contribution is -2.30. The summed E-state index contributed by atoms with van der Waals surface area (Å²) in [5.74, 6) is -1.43. The summed E-state index contributed by atoms with van der Waals surface area (Å²) in [5, 5.41) is 13.6. The molecule has 0 unspecified atom stereocenters. The Balaban J connectivity index is 1.92. The van der Waals surface area contributed by atoms with E-state index in [9.17, 15) is 18.0 Å². The van der Waals surface area contributed by atoms with Crippen LogP contribution in [0.5, 0.6) is 0 Å². The lowest BCUT2D eigenvalue weighted by Gasteiger charge is -2.10. The first-order valence-corrected chi connectivity index (χ1v) is 10.1. The summed E-state index contributed by atoms with van der Waals surface area (Å²) in [4.78, 5) is 26.9. The third-order valence-electron chi connectivity index (χ3n) is 3.21. The summed E-state index contributed by atoms with van der Waals surface area (Å²) >= 11 is 1.22. The molecule has 140 valence electrons. The van der Waals surface area contributed by atoms with Gasteiger partial charge in [-0.3, -0.25) is 4.79 Å². The van der Waals surface area contributed by atoms with Crippen LogP contribution in [0, 0.1) is 0 Å². The van der Waals surface area contributed by atoms with Crippen LogP contribution in [-0.4, -0.2) is 43.0 Å². The Kier molecular flexibility index (Phi) is 6.46. The topological polar surface area (TPSA) is 125 Å². The van der Waals surface area contributed by atoms with Crippen LogP contribution in [0.4, 0.5) is 0 Å². The molecule has 0 aliphatic heterocycles. The van der Waals surface area contributed by atoms with Gasteiger partial charge in [0.25, 0.3) is 5.91 Å². The van der Waals surface area contributed by atoms with E-state index in [-0.39, 0.29) is 22.5 Å². The first kappa shape index (κ1) is 20.0. The molecule has 1 aromatic heterocycles. The van der Waals surface area contributed by atoms with E-state index in [1.807, 2.05) is 0 Å². The number of amides is 1. The van der Waals surface area contributed by atoms with Gasteiger partial charge in [-0.15, -0.1) is 11.3 Å². The third-order valence-corrected chi connectivity index (χ3v) is 5.80. The molecule has 2 rings (SSSR count). The fourth-order valence-electron chi connectivity index (χ4n) is 2.07. The van der Waals surface area contributed by atoms with Crippen LogP contribution in [0.15, 0.2) is 34.5 Å². The number of benzene rings is 1. The molecule has 0 atom stereocenters. The zero-order valence-corrected chi connectivity index (χ0v) is 15.9. The van der Waals surface area contributed by atoms with E-state index >= 15 is 0 Å². The molecule has 0 fully saturated rings. The van der Waals surface area contributed by atoms with E-state index in [2.05, 4.69) is 15.0 Å². The monoisotopic (exact) mass is 397 g/mol. The number of carboxylic acid groups (broad SMARTS) is 1. The second kappa shape index (κ2) is 8.39. The van der Waals surface area contributed by atoms with Gasteiger partial charge in [0.1, 0.15) is 0 Å². The molecule has 2 aromatic rings. The fourth-order valence-corrected chi connectivity index (χ4v) is 4.10. The van der Waals surface area contributed by atoms with Crippen molar-refractivity contribution >= 4 is 33.2 Å². The Morgan fingerprint density at radius 2 is 1.88 bits per heavy atom. The van der Waals surface area contributed by atoms with Gasteiger partial charge in [0.05, 0.1) is 9.90 Å². The summed E-state index contributed by atoms with van der Waals surface area (Å²) in [5.41, 5.74) is 0.321. The second-order valence-electron chi connectivity index (χ2n) is 5.74. The molecule has 1 heterocycles. The van der Waals surface area contributed by atoms with Crippen LogP contribution in [0.25, 0.3) is 0 Å². The number of thiazole rings is 1. The number of carbonyl (C=O) groups is 2. The van der Waals surface area contributed by atoms with Gasteiger partial charge in [-0.1, -0.05) is 0 Å². The van der Waals surface area contributed by atoms with Crippen LogP contribution < -0.4 is 10.0 Å². The lowest BCUT2D eigenvalue weighted by atomic mass is 10.2. The Labute approximate surface area is 155 Å². The van der Waals surface area contributed by atoms with E-state index in [1.165, 1.54) is 41.0 Å². The number of rotatable bonds is 8. The predicted molar refractivity (Wildman–Crippen MR) is 97.0 cm³/mol. The molecule has 3 N–H and O–H groups in total. The van der Waals surface area contributed by atoms with Crippen molar-refractivity contribution in [1.82, 2.24) is 15.0 Å². The SMILES string of the molecule is CC(C)NS(=O)(=O)c1ccc(C(=O)NCCc2nc(C(=O)O)cs2)cc1. The van der Waals surface area contributed by atoms with Gasteiger partial charge in [-0.05, 0) is 38.1 Å². The van der Waals surface area contributed by atoms with Crippen LogP contribution in [0.2, 0.25) is 0 Å². The summed E-state index contributed by atoms with van der Waals surface area (Å²) in [6.45, 7) is 3.74. The number of nitrogens with one attached hydrogen (secondary N) is 2. The number of carbonyl (C=O) groups excluding carboxylic acids is 1. The van der Waals surface area contributed by atoms with Crippen LogP contribution in [0.1, 0.15) is 39.7 Å². The minimum absolute atomic E-state index is 0.0110. The van der Waals surface area contributed by atoms with Crippen molar-refractivity contribution in [3.8, 4) is 0 Å². The van der Waals surface area contributed by atoms with E-state index in [0.717, 1.165) is 0 Å². The van der Waals surface area contributed by atoms with Crippen LogP contribution >= 0.6 is 11.3 Å². The van der Waals surface area contributed by atoms with Crippen molar-refractivity contribution in [2.45, 2.75) is 31.2 Å². The van der Waals surface area contributed by atoms with Gasteiger partial charge in [0, 0.05) is 30.0 Å². The van der Waals surface area contributed by atoms with Crippen molar-refractivity contribution in [3.05, 3.63) is 45.9 Å². The maximum absolute atomic E-state index is 12.1. The number of carboxylic acids is 1. The minimum atomic E-state index is -3.60. The van der Waals surface area contributed by atoms with Crippen molar-refractivity contribution < 1.29 is 23.1 Å². The number of nitrogens with zero attached hydrogens (tertiary/aromatic N) is 1. The molecule has 0 bridgehead atoms. The lowest BCUT2D eigenvalue weighted by molar-refractivity contribution is 0.0690. The van der Waals surface area contributed by atoms with Gasteiger partial charge in [-0.2, -0.15) is 0 Å². The highest BCUT2D eigenvalue weighted by Gasteiger charge is 2.16. The Bertz CT molecular complexity index is 889. The van der Waals surface area contributed by atoms with Crippen molar-refractivity contribution in [2.75, 3.05) is 6.54 Å². The zero-order chi connectivity index (χ0) is 19.3. The van der Waals surface area contributed by atoms with Crippen LogP contribution in [-0.2, 0) is 16.4 Å². The normalized spacial score (nSPS) is 11.5. The van der Waals surface area contributed by atoms with Gasteiger partial charge in [0.15, 0.2) is 5.69 Å². The molecule has 0 radical (unpaired) electrons. The Hall–Kier alpha value is -2.30. The summed E-state index contributed by atoms with van der Waals surface area (Å²) in [6, 6.07) is 5.40. The molecule has 26 heavy (non-hydrogen) atoms. The molecule has 0 saturated heterocycles. The van der Waals surface area contributed by atoms with Crippen molar-refractivity contribution in [3.63, 3.8) is 0 Å². The number of sulfonamides is 1. The third kappa shape index (κ3) is 5.35. The molecule has 0 saturated carbocycles. The minimum Gasteiger partial charge on any atom is -0.476 e. The number of hydrogen-bond acceptors (Lipinski definition) is 6. The predicted octanol–water partition coefficient (Wildman–Crippen LogP) is 1.50. The smallest absolute Gasteiger partial charge is 0.355 e. The highest BCUT2D eigenvalue weighted by Crippen LogP contribution is 2.12. The number of aromatic carboxylic acids is 1.